The maximum atomic E-state index is 8.01. The van der Waals surface area contributed by atoms with Crippen LogP contribution in [0.1, 0.15) is 0 Å². The average Bonchev–Trinajstić information content (AvgIpc) is 3.06. The third-order valence-corrected chi connectivity index (χ3v) is 16.0. The van der Waals surface area contributed by atoms with Crippen LogP contribution in [0.4, 0.5) is 0 Å². The zero-order valence-electron chi connectivity index (χ0n) is 14.3. The number of aromatic nitrogens is 4. The summed E-state index contributed by atoms with van der Waals surface area (Å²) in [4.78, 5) is 0. The minimum absolute atomic E-state index is 0.985. The maximum absolute atomic E-state index is 8.01. The van der Waals surface area contributed by atoms with Crippen molar-refractivity contribution in [3.63, 3.8) is 0 Å². The molecule has 0 aliphatic carbocycles. The van der Waals surface area contributed by atoms with Crippen LogP contribution in [0, 0.1) is 0 Å². The summed E-state index contributed by atoms with van der Waals surface area (Å²) in [5.41, 5.74) is 3.94. The van der Waals surface area contributed by atoms with Crippen LogP contribution in [-0.4, -0.2) is 5.89 Å². The summed E-state index contributed by atoms with van der Waals surface area (Å²) >= 11 is 16.0. The number of hydrogen-bond donors (Lipinski definition) is 0. The summed E-state index contributed by atoms with van der Waals surface area (Å²) in [6, 6.07) is 24.2. The fourth-order valence-electron chi connectivity index (χ4n) is 4.94. The van der Waals surface area contributed by atoms with Gasteiger partial charge in [0.15, 0.2) is 0 Å². The zero-order valence-corrected chi connectivity index (χ0v) is 16.8. The molecule has 4 nitrogen and oxygen atoms in total. The Morgan fingerprint density at radius 2 is 0.704 bits per heavy atom. The SMILES string of the molecule is Cl[Si-2]12(Cl)([n+]3ccccc3-c3cccc[n+]31)[n+]1ccccc1-c1cccc[n+]12. The van der Waals surface area contributed by atoms with Crippen LogP contribution in [0.25, 0.3) is 22.8 Å². The summed E-state index contributed by atoms with van der Waals surface area (Å²) in [5, 5.41) is 0. The molecule has 7 heteroatoms. The van der Waals surface area contributed by atoms with E-state index in [0.717, 1.165) is 22.8 Å². The Hall–Kier alpha value is -2.60. The second-order valence-electron chi connectivity index (χ2n) is 7.17. The first-order valence-corrected chi connectivity index (χ1v) is 13.7. The van der Waals surface area contributed by atoms with Gasteiger partial charge in [0.2, 0.25) is 0 Å². The molecule has 0 radical (unpaired) electrons. The van der Waals surface area contributed by atoms with Crippen LogP contribution in [-0.2, 0) is 0 Å². The van der Waals surface area contributed by atoms with Gasteiger partial charge in [-0.05, 0) is 0 Å². The van der Waals surface area contributed by atoms with Gasteiger partial charge in [-0.25, -0.2) is 0 Å². The Kier molecular flexibility index (Phi) is 2.45. The standard InChI is InChI=1S/C20H16Cl2N4Si/c21-27(22,23-13-5-1-9-17(23)18-10-2-6-14-24(18)27)25-15-7-3-11-19(25)20-12-4-8-16-26(20)27/h1-16H/q+2. The average molecular weight is 411 g/mol. The zero-order chi connectivity index (χ0) is 18.3. The van der Waals surface area contributed by atoms with Crippen LogP contribution in [0.2, 0.25) is 0 Å². The van der Waals surface area contributed by atoms with E-state index >= 15 is 0 Å². The Bertz CT molecular complexity index is 1120. The molecule has 1 spiro atoms. The summed E-state index contributed by atoms with van der Waals surface area (Å²) in [5.74, 6) is -5.13. The summed E-state index contributed by atoms with van der Waals surface area (Å²) in [6.45, 7) is 0. The number of rotatable bonds is 0. The number of hydrogen-bond acceptors (Lipinski definition) is 0. The van der Waals surface area contributed by atoms with Crippen LogP contribution in [0.5, 0.6) is 0 Å². The molecule has 0 saturated carbocycles. The van der Waals surface area contributed by atoms with Crippen molar-refractivity contribution in [2.45, 2.75) is 0 Å². The number of pyridine rings is 4. The van der Waals surface area contributed by atoms with E-state index < -0.39 is 5.89 Å². The van der Waals surface area contributed by atoms with Crippen LogP contribution in [0.15, 0.2) is 97.6 Å². The van der Waals surface area contributed by atoms with E-state index in [1.165, 1.54) is 0 Å². The molecule has 132 valence electrons. The van der Waals surface area contributed by atoms with Crippen molar-refractivity contribution in [1.82, 2.24) is 0 Å². The van der Waals surface area contributed by atoms with Crippen molar-refractivity contribution in [1.29, 1.82) is 0 Å². The number of halogens is 2. The first-order chi connectivity index (χ1) is 13.0. The number of fused-ring (bicyclic) bond motifs is 10. The second kappa shape index (κ2) is 4.27. The molecular formula is C20H16Cl2N4Si+2. The van der Waals surface area contributed by atoms with E-state index in [9.17, 15) is 0 Å². The van der Waals surface area contributed by atoms with Crippen LogP contribution in [0.3, 0.4) is 0 Å². The molecule has 0 amide bonds. The first kappa shape index (κ1) is 15.5. The van der Waals surface area contributed by atoms with Crippen molar-refractivity contribution in [2.75, 3.05) is 0 Å². The molecule has 0 fully saturated rings. The molecule has 0 unspecified atom stereocenters. The quantitative estimate of drug-likeness (QED) is 0.311. The predicted octanol–water partition coefficient (Wildman–Crippen LogP) is 2.10. The monoisotopic (exact) mass is 410 g/mol. The summed E-state index contributed by atoms with van der Waals surface area (Å²) in [6.07, 6.45) is 7.97. The van der Waals surface area contributed by atoms with Gasteiger partial charge < -0.3 is 0 Å². The molecule has 0 saturated heterocycles. The molecule has 2 aliphatic heterocycles. The van der Waals surface area contributed by atoms with E-state index in [4.69, 9.17) is 22.2 Å². The third kappa shape index (κ3) is 1.34. The first-order valence-electron chi connectivity index (χ1n) is 8.85. The summed E-state index contributed by atoms with van der Waals surface area (Å²) in [7, 11) is 0. The van der Waals surface area contributed by atoms with Gasteiger partial charge in [0, 0.05) is 0 Å². The van der Waals surface area contributed by atoms with Gasteiger partial charge in [0.25, 0.3) is 0 Å². The van der Waals surface area contributed by atoms with Crippen molar-refractivity contribution in [2.24, 2.45) is 0 Å². The molecule has 0 aromatic carbocycles. The van der Waals surface area contributed by atoms with E-state index in [1.54, 1.807) is 0 Å². The van der Waals surface area contributed by atoms with Gasteiger partial charge >= 0.3 is 165 Å². The Balaban J connectivity index is 2.02. The van der Waals surface area contributed by atoms with E-state index in [0.29, 0.717) is 0 Å². The molecule has 4 aromatic rings. The Labute approximate surface area is 165 Å². The fourth-order valence-corrected chi connectivity index (χ4v) is 14.2. The number of nitrogens with zero attached hydrogens (tertiary/aromatic N) is 4. The second-order valence-corrected chi connectivity index (χ2v) is 17.6. The predicted molar refractivity (Wildman–Crippen MR) is 104 cm³/mol. The van der Waals surface area contributed by atoms with Gasteiger partial charge in [-0.15, -0.1) is 0 Å². The van der Waals surface area contributed by atoms with E-state index in [1.807, 2.05) is 73.3 Å². The topological polar surface area (TPSA) is 15.5 Å². The van der Waals surface area contributed by atoms with Crippen molar-refractivity contribution in [3.8, 4) is 22.8 Å². The fraction of sp³-hybridized carbons (Fsp3) is 0. The van der Waals surface area contributed by atoms with Crippen molar-refractivity contribution < 1.29 is 16.9 Å². The molecule has 4 aromatic heterocycles. The van der Waals surface area contributed by atoms with E-state index in [2.05, 4.69) is 41.2 Å². The van der Waals surface area contributed by atoms with Gasteiger partial charge in [-0.1, -0.05) is 0 Å². The minimum atomic E-state index is -5.13. The Morgan fingerprint density at radius 1 is 0.444 bits per heavy atom. The van der Waals surface area contributed by atoms with Crippen LogP contribution >= 0.6 is 22.2 Å². The van der Waals surface area contributed by atoms with Crippen molar-refractivity contribution >= 4 is 28.1 Å². The van der Waals surface area contributed by atoms with E-state index in [-0.39, 0.29) is 0 Å². The van der Waals surface area contributed by atoms with Crippen molar-refractivity contribution in [3.05, 3.63) is 97.6 Å². The molecular weight excluding hydrogens is 395 g/mol. The van der Waals surface area contributed by atoms with Gasteiger partial charge in [-0.3, -0.25) is 0 Å². The molecule has 0 N–H and O–H groups in total. The third-order valence-electron chi connectivity index (χ3n) is 5.99. The van der Waals surface area contributed by atoms with Gasteiger partial charge in [0.05, 0.1) is 0 Å². The van der Waals surface area contributed by atoms with Gasteiger partial charge in [-0.2, -0.15) is 0 Å². The molecule has 2 aliphatic rings. The molecule has 27 heavy (non-hydrogen) atoms. The molecule has 0 atom stereocenters. The molecule has 6 heterocycles. The van der Waals surface area contributed by atoms with Gasteiger partial charge in [0.1, 0.15) is 0 Å². The summed E-state index contributed by atoms with van der Waals surface area (Å²) < 4.78 is 8.31. The van der Waals surface area contributed by atoms with Crippen LogP contribution < -0.4 is 16.9 Å². The molecule has 0 bridgehead atoms. The normalized spacial score (nSPS) is 21.0. The molecule has 6 rings (SSSR count). The Morgan fingerprint density at radius 3 is 0.963 bits per heavy atom.